The number of carbonyl (C=O) groups excluding carboxylic acids is 4. The SMILES string of the molecule is CC(C)(C)OC(=O)NC1CCCCCC=CC2CC2(C(=O)NS(=O)(=O)C2CC2)CC(=O)C2CCCN2C1=O. The summed E-state index contributed by atoms with van der Waals surface area (Å²) in [6.07, 6.45) is 9.41. The average molecular weight is 552 g/mol. The van der Waals surface area contributed by atoms with E-state index in [1.807, 2.05) is 12.2 Å². The van der Waals surface area contributed by atoms with Crippen LogP contribution in [0.3, 0.4) is 0 Å². The zero-order valence-corrected chi connectivity index (χ0v) is 23.5. The molecule has 0 radical (unpaired) electrons. The molecule has 38 heavy (non-hydrogen) atoms. The van der Waals surface area contributed by atoms with E-state index in [1.165, 1.54) is 4.90 Å². The van der Waals surface area contributed by atoms with Crippen LogP contribution in [-0.2, 0) is 29.1 Å². The Kier molecular flexibility index (Phi) is 8.26. The Bertz CT molecular complexity index is 1090. The molecule has 1 saturated heterocycles. The van der Waals surface area contributed by atoms with Crippen molar-refractivity contribution in [2.24, 2.45) is 11.3 Å². The minimum atomic E-state index is -3.74. The number of hydrogen-bond acceptors (Lipinski definition) is 7. The van der Waals surface area contributed by atoms with E-state index in [2.05, 4.69) is 10.0 Å². The minimum absolute atomic E-state index is 0.118. The van der Waals surface area contributed by atoms with Crippen LogP contribution in [0.2, 0.25) is 0 Å². The van der Waals surface area contributed by atoms with Gasteiger partial charge in [0.15, 0.2) is 5.78 Å². The number of fused-ring (bicyclic) bond motifs is 2. The molecule has 2 heterocycles. The number of rotatable bonds is 4. The van der Waals surface area contributed by atoms with Crippen LogP contribution >= 0.6 is 0 Å². The van der Waals surface area contributed by atoms with Gasteiger partial charge in [-0.05, 0) is 78.1 Å². The summed E-state index contributed by atoms with van der Waals surface area (Å²) in [6.45, 7) is 5.64. The van der Waals surface area contributed by atoms with E-state index in [0.717, 1.165) is 25.7 Å². The highest BCUT2D eigenvalue weighted by Gasteiger charge is 2.61. The number of ketones is 1. The van der Waals surface area contributed by atoms with Gasteiger partial charge in [0.2, 0.25) is 21.8 Å². The maximum Gasteiger partial charge on any atom is 0.408 e. The Morgan fingerprint density at radius 3 is 2.47 bits per heavy atom. The summed E-state index contributed by atoms with van der Waals surface area (Å²) in [7, 11) is -3.74. The number of ether oxygens (including phenoxy) is 1. The summed E-state index contributed by atoms with van der Waals surface area (Å²) in [6, 6.07) is -1.51. The van der Waals surface area contributed by atoms with Crippen molar-refractivity contribution in [3.8, 4) is 0 Å². The van der Waals surface area contributed by atoms with Gasteiger partial charge in [-0.3, -0.25) is 19.1 Å². The molecule has 4 rings (SSSR count). The number of hydrogen-bond donors (Lipinski definition) is 2. The van der Waals surface area contributed by atoms with E-state index >= 15 is 0 Å². The molecule has 0 aromatic carbocycles. The molecule has 3 fully saturated rings. The summed E-state index contributed by atoms with van der Waals surface area (Å²) in [5.74, 6) is -1.38. The lowest BCUT2D eigenvalue weighted by Crippen LogP contribution is -2.52. The molecule has 212 valence electrons. The van der Waals surface area contributed by atoms with Crippen LogP contribution in [0.1, 0.15) is 91.4 Å². The van der Waals surface area contributed by atoms with Crippen LogP contribution in [0.5, 0.6) is 0 Å². The molecule has 2 aliphatic carbocycles. The third kappa shape index (κ3) is 6.76. The summed E-state index contributed by atoms with van der Waals surface area (Å²) < 4.78 is 32.6. The predicted molar refractivity (Wildman–Crippen MR) is 140 cm³/mol. The van der Waals surface area contributed by atoms with Crippen LogP contribution in [0.25, 0.3) is 0 Å². The van der Waals surface area contributed by atoms with Crippen LogP contribution in [0.4, 0.5) is 4.79 Å². The normalized spacial score (nSPS) is 30.9. The lowest BCUT2D eigenvalue weighted by Gasteiger charge is -2.30. The number of carbonyl (C=O) groups is 4. The summed E-state index contributed by atoms with van der Waals surface area (Å²) in [4.78, 5) is 54.5. The van der Waals surface area contributed by atoms with Crippen molar-refractivity contribution in [1.82, 2.24) is 14.9 Å². The van der Waals surface area contributed by atoms with Gasteiger partial charge in [0.25, 0.3) is 0 Å². The molecule has 0 spiro atoms. The van der Waals surface area contributed by atoms with E-state index in [0.29, 0.717) is 45.1 Å². The van der Waals surface area contributed by atoms with Crippen LogP contribution in [-0.4, -0.2) is 66.5 Å². The fourth-order valence-corrected chi connectivity index (χ4v) is 6.96. The second kappa shape index (κ2) is 11.0. The number of alkyl carbamates (subject to hydrolysis) is 1. The van der Waals surface area contributed by atoms with Gasteiger partial charge in [-0.25, -0.2) is 13.2 Å². The van der Waals surface area contributed by atoms with Gasteiger partial charge in [0.05, 0.1) is 16.7 Å². The maximum absolute atomic E-state index is 13.6. The van der Waals surface area contributed by atoms with E-state index in [4.69, 9.17) is 4.74 Å². The van der Waals surface area contributed by atoms with Crippen molar-refractivity contribution in [3.63, 3.8) is 0 Å². The highest BCUT2D eigenvalue weighted by molar-refractivity contribution is 7.90. The molecule has 0 aromatic rings. The first kappa shape index (κ1) is 28.6. The van der Waals surface area contributed by atoms with Gasteiger partial charge >= 0.3 is 6.09 Å². The van der Waals surface area contributed by atoms with Gasteiger partial charge < -0.3 is 15.0 Å². The van der Waals surface area contributed by atoms with Crippen LogP contribution < -0.4 is 10.0 Å². The second-order valence-corrected chi connectivity index (χ2v) is 14.2. The highest BCUT2D eigenvalue weighted by atomic mass is 32.2. The van der Waals surface area contributed by atoms with Crippen molar-refractivity contribution in [1.29, 1.82) is 0 Å². The first-order chi connectivity index (χ1) is 17.8. The number of nitrogens with one attached hydrogen (secondary N) is 2. The third-order valence-corrected chi connectivity index (χ3v) is 9.72. The van der Waals surface area contributed by atoms with E-state index < -0.39 is 50.4 Å². The molecule has 2 N–H and O–H groups in total. The number of nitrogens with zero attached hydrogens (tertiary/aromatic N) is 1. The smallest absolute Gasteiger partial charge is 0.408 e. The quantitative estimate of drug-likeness (QED) is 0.512. The number of allylic oxidation sites excluding steroid dienone is 2. The van der Waals surface area contributed by atoms with Crippen molar-refractivity contribution in [3.05, 3.63) is 12.2 Å². The fourth-order valence-electron chi connectivity index (χ4n) is 5.57. The first-order valence-corrected chi connectivity index (χ1v) is 15.4. The largest absolute Gasteiger partial charge is 0.444 e. The van der Waals surface area contributed by atoms with E-state index in [1.54, 1.807) is 20.8 Å². The summed E-state index contributed by atoms with van der Waals surface area (Å²) in [5.41, 5.74) is -1.82. The summed E-state index contributed by atoms with van der Waals surface area (Å²) in [5, 5.41) is 2.19. The van der Waals surface area contributed by atoms with Gasteiger partial charge in [-0.2, -0.15) is 0 Å². The zero-order chi connectivity index (χ0) is 27.7. The van der Waals surface area contributed by atoms with Crippen molar-refractivity contribution in [2.45, 2.75) is 114 Å². The molecule has 4 atom stereocenters. The molecule has 2 saturated carbocycles. The topological polar surface area (TPSA) is 139 Å². The van der Waals surface area contributed by atoms with Crippen molar-refractivity contribution < 1.29 is 32.3 Å². The standard InChI is InChI=1S/C27H41N3O7S/c1-26(2,3)37-25(34)28-20-11-8-6-4-5-7-10-18-16-27(18,24(33)29-38(35,36)19-13-14-19)17-22(31)21-12-9-15-30(21)23(20)32/h7,10,18-21H,4-6,8-9,11-17H2,1-3H3,(H,28,34)(H,29,33). The molecule has 0 bridgehead atoms. The molecule has 11 heteroatoms. The lowest BCUT2D eigenvalue weighted by atomic mass is 9.91. The Labute approximate surface area is 225 Å². The fraction of sp³-hybridized carbons (Fsp3) is 0.778. The van der Waals surface area contributed by atoms with Crippen molar-refractivity contribution in [2.75, 3.05) is 6.54 Å². The molecule has 10 nitrogen and oxygen atoms in total. The van der Waals surface area contributed by atoms with E-state index in [9.17, 15) is 27.6 Å². The number of amides is 3. The zero-order valence-electron chi connectivity index (χ0n) is 22.7. The van der Waals surface area contributed by atoms with Gasteiger partial charge in [0.1, 0.15) is 11.6 Å². The molecular formula is C27H41N3O7S. The Balaban J connectivity index is 1.54. The van der Waals surface area contributed by atoms with E-state index in [-0.39, 0.29) is 24.0 Å². The number of sulfonamides is 1. The monoisotopic (exact) mass is 551 g/mol. The number of Topliss-reactive ketones (excluding diaryl/α,β-unsaturated/α-hetero) is 1. The maximum atomic E-state index is 13.6. The molecular weight excluding hydrogens is 510 g/mol. The minimum Gasteiger partial charge on any atom is -0.444 e. The van der Waals surface area contributed by atoms with Crippen molar-refractivity contribution >= 4 is 33.7 Å². The van der Waals surface area contributed by atoms with Gasteiger partial charge in [-0.1, -0.05) is 25.0 Å². The third-order valence-electron chi connectivity index (χ3n) is 7.90. The Morgan fingerprint density at radius 1 is 1.05 bits per heavy atom. The predicted octanol–water partition coefficient (Wildman–Crippen LogP) is 2.96. The molecule has 4 unspecified atom stereocenters. The second-order valence-electron chi connectivity index (χ2n) is 12.2. The Hall–Kier alpha value is -2.43. The average Bonchev–Trinajstić information content (AvgIpc) is 3.72. The molecule has 4 aliphatic rings. The molecule has 3 amide bonds. The van der Waals surface area contributed by atoms with Gasteiger partial charge in [0, 0.05) is 13.0 Å². The highest BCUT2D eigenvalue weighted by Crippen LogP contribution is 2.57. The molecule has 0 aromatic heterocycles. The van der Waals surface area contributed by atoms with Crippen LogP contribution in [0.15, 0.2) is 12.2 Å². The van der Waals surface area contributed by atoms with Crippen LogP contribution in [0, 0.1) is 11.3 Å². The Morgan fingerprint density at radius 2 is 1.79 bits per heavy atom. The van der Waals surface area contributed by atoms with Gasteiger partial charge in [-0.15, -0.1) is 0 Å². The lowest BCUT2D eigenvalue weighted by molar-refractivity contribution is -0.140. The first-order valence-electron chi connectivity index (χ1n) is 13.9. The summed E-state index contributed by atoms with van der Waals surface area (Å²) >= 11 is 0. The molecule has 2 aliphatic heterocycles.